The van der Waals surface area contributed by atoms with E-state index in [4.69, 9.17) is 5.73 Å². The topological polar surface area (TPSA) is 26.0 Å². The summed E-state index contributed by atoms with van der Waals surface area (Å²) in [5.41, 5.74) is 6.02. The van der Waals surface area contributed by atoms with Gasteiger partial charge in [-0.3, -0.25) is 0 Å². The zero-order valence-electron chi connectivity index (χ0n) is 7.84. The SMILES string of the molecule is NCC(c1cc(F)ccc1F)C1CC1. The molecule has 0 aromatic heterocycles. The third kappa shape index (κ3) is 1.77. The van der Waals surface area contributed by atoms with E-state index in [9.17, 15) is 8.78 Å². The van der Waals surface area contributed by atoms with Gasteiger partial charge < -0.3 is 5.73 Å². The summed E-state index contributed by atoms with van der Waals surface area (Å²) < 4.78 is 26.3. The summed E-state index contributed by atoms with van der Waals surface area (Å²) in [6.07, 6.45) is 2.16. The number of hydrogen-bond acceptors (Lipinski definition) is 1. The van der Waals surface area contributed by atoms with Crippen LogP contribution in [0.1, 0.15) is 24.3 Å². The average Bonchev–Trinajstić information content (AvgIpc) is 2.96. The lowest BCUT2D eigenvalue weighted by atomic mass is 9.94. The molecule has 1 nitrogen and oxygen atoms in total. The van der Waals surface area contributed by atoms with E-state index >= 15 is 0 Å². The Morgan fingerprint density at radius 3 is 2.64 bits per heavy atom. The van der Waals surface area contributed by atoms with Crippen LogP contribution >= 0.6 is 0 Å². The van der Waals surface area contributed by atoms with Gasteiger partial charge in [0.25, 0.3) is 0 Å². The maximum Gasteiger partial charge on any atom is 0.126 e. The van der Waals surface area contributed by atoms with E-state index in [0.29, 0.717) is 18.0 Å². The van der Waals surface area contributed by atoms with Crippen molar-refractivity contribution in [2.45, 2.75) is 18.8 Å². The van der Waals surface area contributed by atoms with Crippen molar-refractivity contribution in [3.63, 3.8) is 0 Å². The first-order chi connectivity index (χ1) is 6.72. The number of rotatable bonds is 3. The van der Waals surface area contributed by atoms with Gasteiger partial charge in [0.05, 0.1) is 0 Å². The largest absolute Gasteiger partial charge is 0.330 e. The molecule has 2 N–H and O–H groups in total. The smallest absolute Gasteiger partial charge is 0.126 e. The molecule has 1 aromatic carbocycles. The van der Waals surface area contributed by atoms with Gasteiger partial charge in [0.1, 0.15) is 11.6 Å². The van der Waals surface area contributed by atoms with E-state index in [1.807, 2.05) is 0 Å². The van der Waals surface area contributed by atoms with E-state index < -0.39 is 0 Å². The molecule has 1 atom stereocenters. The molecule has 0 saturated heterocycles. The summed E-state index contributed by atoms with van der Waals surface area (Å²) in [6, 6.07) is 3.58. The Labute approximate surface area is 81.9 Å². The molecule has 1 saturated carbocycles. The predicted octanol–water partition coefficient (Wildman–Crippen LogP) is 2.42. The fourth-order valence-electron chi connectivity index (χ4n) is 1.87. The highest BCUT2D eigenvalue weighted by atomic mass is 19.1. The maximum atomic E-state index is 13.4. The number of nitrogens with two attached hydrogens (primary N) is 1. The molecular formula is C11H13F2N. The second kappa shape index (κ2) is 3.65. The number of hydrogen-bond donors (Lipinski definition) is 1. The highest BCUT2D eigenvalue weighted by Gasteiger charge is 2.32. The lowest BCUT2D eigenvalue weighted by molar-refractivity contribution is 0.534. The molecule has 0 radical (unpaired) electrons. The van der Waals surface area contributed by atoms with Crippen LogP contribution in [0.2, 0.25) is 0 Å². The average molecular weight is 197 g/mol. The zero-order valence-corrected chi connectivity index (χ0v) is 7.84. The van der Waals surface area contributed by atoms with Crippen LogP contribution in [0.15, 0.2) is 18.2 Å². The molecule has 1 fully saturated rings. The summed E-state index contributed by atoms with van der Waals surface area (Å²) in [7, 11) is 0. The van der Waals surface area contributed by atoms with Gasteiger partial charge in [-0.25, -0.2) is 8.78 Å². The molecule has 1 aromatic rings. The van der Waals surface area contributed by atoms with E-state index in [1.54, 1.807) is 0 Å². The molecule has 2 rings (SSSR count). The van der Waals surface area contributed by atoms with Gasteiger partial charge >= 0.3 is 0 Å². The van der Waals surface area contributed by atoms with Gasteiger partial charge in [-0.15, -0.1) is 0 Å². The Kier molecular flexibility index (Phi) is 2.50. The van der Waals surface area contributed by atoms with Crippen molar-refractivity contribution in [1.29, 1.82) is 0 Å². The Balaban J connectivity index is 2.32. The Hall–Kier alpha value is -0.960. The first kappa shape index (κ1) is 9.59. The van der Waals surface area contributed by atoms with Crippen molar-refractivity contribution in [3.8, 4) is 0 Å². The van der Waals surface area contributed by atoms with Gasteiger partial charge in [0.2, 0.25) is 0 Å². The van der Waals surface area contributed by atoms with E-state index in [-0.39, 0.29) is 17.6 Å². The highest BCUT2D eigenvalue weighted by Crippen LogP contribution is 2.42. The monoisotopic (exact) mass is 197 g/mol. The van der Waals surface area contributed by atoms with Gasteiger partial charge in [-0.2, -0.15) is 0 Å². The quantitative estimate of drug-likeness (QED) is 0.791. The van der Waals surface area contributed by atoms with Crippen LogP contribution in [0.4, 0.5) is 8.78 Å². The fourth-order valence-corrected chi connectivity index (χ4v) is 1.87. The van der Waals surface area contributed by atoms with Crippen molar-refractivity contribution in [2.75, 3.05) is 6.54 Å². The number of halogens is 2. The van der Waals surface area contributed by atoms with Gasteiger partial charge in [0, 0.05) is 5.92 Å². The molecule has 0 heterocycles. The third-order valence-corrected chi connectivity index (χ3v) is 2.80. The summed E-state index contributed by atoms with van der Waals surface area (Å²) in [5.74, 6) is -0.281. The van der Waals surface area contributed by atoms with Crippen LogP contribution in [-0.2, 0) is 0 Å². The molecule has 14 heavy (non-hydrogen) atoms. The molecule has 0 aliphatic heterocycles. The second-order valence-electron chi connectivity index (χ2n) is 3.85. The van der Waals surface area contributed by atoms with Crippen molar-refractivity contribution in [2.24, 2.45) is 11.7 Å². The number of benzene rings is 1. The van der Waals surface area contributed by atoms with Crippen LogP contribution in [0.3, 0.4) is 0 Å². The van der Waals surface area contributed by atoms with Gasteiger partial charge in [-0.1, -0.05) is 0 Å². The third-order valence-electron chi connectivity index (χ3n) is 2.80. The molecule has 0 bridgehead atoms. The summed E-state index contributed by atoms with van der Waals surface area (Å²) in [6.45, 7) is 0.394. The molecule has 3 heteroatoms. The maximum absolute atomic E-state index is 13.4. The minimum Gasteiger partial charge on any atom is -0.330 e. The van der Waals surface area contributed by atoms with Gasteiger partial charge in [-0.05, 0) is 49.1 Å². The van der Waals surface area contributed by atoms with E-state index in [2.05, 4.69) is 0 Å². The normalized spacial score (nSPS) is 18.2. The van der Waals surface area contributed by atoms with Crippen molar-refractivity contribution < 1.29 is 8.78 Å². The fraction of sp³-hybridized carbons (Fsp3) is 0.455. The lowest BCUT2D eigenvalue weighted by Crippen LogP contribution is -2.16. The molecule has 1 aliphatic rings. The molecule has 1 aliphatic carbocycles. The molecule has 1 unspecified atom stereocenters. The molecule has 0 spiro atoms. The second-order valence-corrected chi connectivity index (χ2v) is 3.85. The highest BCUT2D eigenvalue weighted by molar-refractivity contribution is 5.25. The first-order valence-corrected chi connectivity index (χ1v) is 4.87. The zero-order chi connectivity index (χ0) is 10.1. The Morgan fingerprint density at radius 2 is 2.07 bits per heavy atom. The van der Waals surface area contributed by atoms with Crippen molar-refractivity contribution in [1.82, 2.24) is 0 Å². The first-order valence-electron chi connectivity index (χ1n) is 4.87. The molecular weight excluding hydrogens is 184 g/mol. The molecule has 76 valence electrons. The molecule has 0 amide bonds. The minimum absolute atomic E-state index is 0.00861. The summed E-state index contributed by atoms with van der Waals surface area (Å²) in [5, 5.41) is 0. The van der Waals surface area contributed by atoms with E-state index in [0.717, 1.165) is 18.9 Å². The van der Waals surface area contributed by atoms with Crippen LogP contribution in [0.25, 0.3) is 0 Å². The summed E-state index contributed by atoms with van der Waals surface area (Å²) >= 11 is 0. The lowest BCUT2D eigenvalue weighted by Gasteiger charge is -2.14. The van der Waals surface area contributed by atoms with Crippen molar-refractivity contribution in [3.05, 3.63) is 35.4 Å². The van der Waals surface area contributed by atoms with Crippen LogP contribution in [-0.4, -0.2) is 6.54 Å². The van der Waals surface area contributed by atoms with Crippen LogP contribution < -0.4 is 5.73 Å². The van der Waals surface area contributed by atoms with E-state index in [1.165, 1.54) is 12.1 Å². The van der Waals surface area contributed by atoms with Gasteiger partial charge in [0.15, 0.2) is 0 Å². The van der Waals surface area contributed by atoms with Crippen molar-refractivity contribution >= 4 is 0 Å². The summed E-state index contributed by atoms with van der Waals surface area (Å²) in [4.78, 5) is 0. The Morgan fingerprint density at radius 1 is 1.36 bits per heavy atom. The van der Waals surface area contributed by atoms with Crippen LogP contribution in [0.5, 0.6) is 0 Å². The Bertz CT molecular complexity index is 334. The standard InChI is InChI=1S/C11H13F2N/c12-8-3-4-11(13)9(5-8)10(6-14)7-1-2-7/h3-5,7,10H,1-2,6,14H2. The van der Waals surface area contributed by atoms with Crippen LogP contribution in [0, 0.1) is 17.6 Å². The predicted molar refractivity (Wildman–Crippen MR) is 50.9 cm³/mol. The minimum atomic E-state index is -0.388.